The molecule has 16 heavy (non-hydrogen) atoms. The molecule has 0 aliphatic heterocycles. The number of nitrogens with one attached hydrogen (secondary N) is 2. The minimum Gasteiger partial charge on any atom is -0.383 e. The molecule has 0 radical (unpaired) electrons. The van der Waals surface area contributed by atoms with E-state index < -0.39 is 0 Å². The molecule has 94 valence electrons. The lowest BCUT2D eigenvalue weighted by molar-refractivity contribution is 0.203. The summed E-state index contributed by atoms with van der Waals surface area (Å²) in [7, 11) is 3.51. The van der Waals surface area contributed by atoms with Crippen LogP contribution < -0.4 is 10.6 Å². The molecule has 0 bridgehead atoms. The maximum atomic E-state index is 4.98. The quantitative estimate of drug-likeness (QED) is 0.409. The number of guanidine groups is 1. The van der Waals surface area contributed by atoms with Crippen LogP contribution in [0, 0.1) is 5.92 Å². The second kappa shape index (κ2) is 8.39. The highest BCUT2D eigenvalue weighted by atomic mass is 16.5. The monoisotopic (exact) mass is 227 g/mol. The van der Waals surface area contributed by atoms with Crippen LogP contribution >= 0.6 is 0 Å². The molecule has 1 rings (SSSR count). The molecule has 1 fully saturated rings. The number of rotatable bonds is 6. The molecule has 0 aromatic heterocycles. The van der Waals surface area contributed by atoms with Crippen molar-refractivity contribution in [3.63, 3.8) is 0 Å². The molecular formula is C12H25N3O. The van der Waals surface area contributed by atoms with E-state index in [1.54, 1.807) is 14.2 Å². The normalized spacial score (nSPS) is 17.8. The van der Waals surface area contributed by atoms with Crippen LogP contribution in [-0.4, -0.2) is 39.8 Å². The number of hydrogen-bond donors (Lipinski definition) is 2. The average molecular weight is 227 g/mol. The third-order valence-corrected chi connectivity index (χ3v) is 3.14. The van der Waals surface area contributed by atoms with Gasteiger partial charge in [-0.1, -0.05) is 25.7 Å². The van der Waals surface area contributed by atoms with E-state index in [1.165, 1.54) is 32.1 Å². The standard InChI is InChI=1S/C12H25N3O/c1-13-12(15-9-10-16-2)14-8-7-11-5-3-4-6-11/h11H,3-10H2,1-2H3,(H2,13,14,15). The Morgan fingerprint density at radius 1 is 1.25 bits per heavy atom. The Kier molecular flexibility index (Phi) is 6.97. The number of aliphatic imine (C=N–C) groups is 1. The highest BCUT2D eigenvalue weighted by Crippen LogP contribution is 2.26. The third-order valence-electron chi connectivity index (χ3n) is 3.14. The summed E-state index contributed by atoms with van der Waals surface area (Å²) in [6.07, 6.45) is 6.94. The maximum Gasteiger partial charge on any atom is 0.191 e. The third kappa shape index (κ3) is 5.35. The van der Waals surface area contributed by atoms with Crippen molar-refractivity contribution >= 4 is 5.96 Å². The zero-order valence-corrected chi connectivity index (χ0v) is 10.6. The molecule has 0 spiro atoms. The summed E-state index contributed by atoms with van der Waals surface area (Å²) < 4.78 is 4.98. The first-order valence-electron chi connectivity index (χ1n) is 6.30. The number of nitrogens with zero attached hydrogens (tertiary/aromatic N) is 1. The number of ether oxygens (including phenoxy) is 1. The Balaban J connectivity index is 2.04. The zero-order chi connectivity index (χ0) is 11.6. The van der Waals surface area contributed by atoms with Crippen molar-refractivity contribution in [3.05, 3.63) is 0 Å². The SMILES string of the molecule is CN=C(NCCOC)NCCC1CCCC1. The van der Waals surface area contributed by atoms with E-state index >= 15 is 0 Å². The highest BCUT2D eigenvalue weighted by molar-refractivity contribution is 5.79. The lowest BCUT2D eigenvalue weighted by Gasteiger charge is -2.13. The van der Waals surface area contributed by atoms with Crippen LogP contribution in [0.25, 0.3) is 0 Å². The van der Waals surface area contributed by atoms with Crippen molar-refractivity contribution < 1.29 is 4.74 Å². The average Bonchev–Trinajstić information content (AvgIpc) is 2.80. The van der Waals surface area contributed by atoms with Gasteiger partial charge in [0.25, 0.3) is 0 Å². The van der Waals surface area contributed by atoms with Crippen molar-refractivity contribution in [1.29, 1.82) is 0 Å². The lowest BCUT2D eigenvalue weighted by Crippen LogP contribution is -2.39. The van der Waals surface area contributed by atoms with Gasteiger partial charge in [0.2, 0.25) is 0 Å². The van der Waals surface area contributed by atoms with E-state index in [0.29, 0.717) is 6.61 Å². The van der Waals surface area contributed by atoms with Gasteiger partial charge in [0, 0.05) is 27.2 Å². The van der Waals surface area contributed by atoms with Gasteiger partial charge in [0.1, 0.15) is 0 Å². The van der Waals surface area contributed by atoms with Gasteiger partial charge in [-0.05, 0) is 12.3 Å². The second-order valence-corrected chi connectivity index (χ2v) is 4.36. The second-order valence-electron chi connectivity index (χ2n) is 4.36. The molecule has 1 aliphatic rings. The van der Waals surface area contributed by atoms with E-state index in [2.05, 4.69) is 15.6 Å². The number of hydrogen-bond acceptors (Lipinski definition) is 2. The molecule has 0 aromatic carbocycles. The van der Waals surface area contributed by atoms with Crippen LogP contribution in [0.5, 0.6) is 0 Å². The van der Waals surface area contributed by atoms with E-state index in [1.807, 2.05) is 0 Å². The summed E-state index contributed by atoms with van der Waals surface area (Å²) in [5.74, 6) is 1.82. The van der Waals surface area contributed by atoms with Crippen molar-refractivity contribution in [1.82, 2.24) is 10.6 Å². The summed E-state index contributed by atoms with van der Waals surface area (Å²) in [5.41, 5.74) is 0. The maximum absolute atomic E-state index is 4.98. The molecule has 0 amide bonds. The predicted molar refractivity (Wildman–Crippen MR) is 67.8 cm³/mol. The van der Waals surface area contributed by atoms with Crippen molar-refractivity contribution in [2.45, 2.75) is 32.1 Å². The van der Waals surface area contributed by atoms with Crippen molar-refractivity contribution in [3.8, 4) is 0 Å². The van der Waals surface area contributed by atoms with E-state index in [-0.39, 0.29) is 0 Å². The van der Waals surface area contributed by atoms with Crippen LogP contribution in [0.2, 0.25) is 0 Å². The topological polar surface area (TPSA) is 45.7 Å². The summed E-state index contributed by atoms with van der Waals surface area (Å²) in [6, 6.07) is 0. The van der Waals surface area contributed by atoms with Gasteiger partial charge in [-0.25, -0.2) is 0 Å². The van der Waals surface area contributed by atoms with Crippen molar-refractivity contribution in [2.75, 3.05) is 33.9 Å². The summed E-state index contributed by atoms with van der Waals surface area (Å²) in [4.78, 5) is 4.16. The Labute approximate surface area is 98.9 Å². The van der Waals surface area contributed by atoms with Crippen LogP contribution in [0.4, 0.5) is 0 Å². The fourth-order valence-electron chi connectivity index (χ4n) is 2.19. The number of methoxy groups -OCH3 is 1. The Morgan fingerprint density at radius 2 is 1.94 bits per heavy atom. The summed E-state index contributed by atoms with van der Waals surface area (Å²) in [5, 5.41) is 6.55. The van der Waals surface area contributed by atoms with Crippen molar-refractivity contribution in [2.24, 2.45) is 10.9 Å². The molecule has 1 saturated carbocycles. The van der Waals surface area contributed by atoms with Gasteiger partial charge in [0.15, 0.2) is 5.96 Å². The molecule has 2 N–H and O–H groups in total. The molecule has 1 aliphatic carbocycles. The van der Waals surface area contributed by atoms with Crippen LogP contribution in [-0.2, 0) is 4.74 Å². The van der Waals surface area contributed by atoms with Gasteiger partial charge in [-0.15, -0.1) is 0 Å². The molecule has 0 aromatic rings. The fraction of sp³-hybridized carbons (Fsp3) is 0.917. The first-order valence-corrected chi connectivity index (χ1v) is 6.30. The largest absolute Gasteiger partial charge is 0.383 e. The van der Waals surface area contributed by atoms with Crippen LogP contribution in [0.1, 0.15) is 32.1 Å². The molecule has 0 atom stereocenters. The Bertz CT molecular complexity index is 200. The summed E-state index contributed by atoms with van der Waals surface area (Å²) >= 11 is 0. The Hall–Kier alpha value is -0.770. The zero-order valence-electron chi connectivity index (χ0n) is 10.6. The molecule has 0 unspecified atom stereocenters. The van der Waals surface area contributed by atoms with Gasteiger partial charge < -0.3 is 15.4 Å². The smallest absolute Gasteiger partial charge is 0.191 e. The first kappa shape index (κ1) is 13.3. The van der Waals surface area contributed by atoms with E-state index in [0.717, 1.165) is 25.0 Å². The summed E-state index contributed by atoms with van der Waals surface area (Å²) in [6.45, 7) is 2.54. The molecule has 4 nitrogen and oxygen atoms in total. The highest BCUT2D eigenvalue weighted by Gasteiger charge is 2.14. The minimum absolute atomic E-state index is 0.712. The van der Waals surface area contributed by atoms with Gasteiger partial charge >= 0.3 is 0 Å². The van der Waals surface area contributed by atoms with Crippen LogP contribution in [0.15, 0.2) is 4.99 Å². The molecule has 0 heterocycles. The Morgan fingerprint density at radius 3 is 2.56 bits per heavy atom. The van der Waals surface area contributed by atoms with Crippen LogP contribution in [0.3, 0.4) is 0 Å². The predicted octanol–water partition coefficient (Wildman–Crippen LogP) is 1.38. The van der Waals surface area contributed by atoms with E-state index in [9.17, 15) is 0 Å². The van der Waals surface area contributed by atoms with Gasteiger partial charge in [-0.3, -0.25) is 4.99 Å². The fourth-order valence-corrected chi connectivity index (χ4v) is 2.19. The lowest BCUT2D eigenvalue weighted by atomic mass is 10.0. The molecule has 0 saturated heterocycles. The van der Waals surface area contributed by atoms with E-state index in [4.69, 9.17) is 4.74 Å². The molecule has 4 heteroatoms. The first-order chi connectivity index (χ1) is 7.86. The molecular weight excluding hydrogens is 202 g/mol. The minimum atomic E-state index is 0.712. The van der Waals surface area contributed by atoms with Gasteiger partial charge in [-0.2, -0.15) is 0 Å². The van der Waals surface area contributed by atoms with Gasteiger partial charge in [0.05, 0.1) is 6.61 Å².